The Morgan fingerprint density at radius 3 is 2.37 bits per heavy atom. The Bertz CT molecular complexity index is 690. The van der Waals surface area contributed by atoms with Crippen LogP contribution < -0.4 is 16.0 Å². The highest BCUT2D eigenvalue weighted by atomic mass is 16.6. The summed E-state index contributed by atoms with van der Waals surface area (Å²) in [5.74, 6) is -1.32. The van der Waals surface area contributed by atoms with Crippen LogP contribution in [0.4, 0.5) is 0 Å². The highest BCUT2D eigenvalue weighted by Gasteiger charge is 2.42. The largest absolute Gasteiger partial charge is 0.462 e. The molecule has 0 aliphatic heterocycles. The molecule has 0 saturated carbocycles. The first-order valence-electron chi connectivity index (χ1n) is 12.2. The van der Waals surface area contributed by atoms with E-state index in [1.807, 2.05) is 13.8 Å². The normalized spacial score (nSPS) is 25.2. The molecule has 0 bridgehead atoms. The van der Waals surface area contributed by atoms with E-state index in [0.717, 1.165) is 11.1 Å². The van der Waals surface area contributed by atoms with Crippen LogP contribution in [-0.4, -0.2) is 98.4 Å². The van der Waals surface area contributed by atoms with Gasteiger partial charge in [0.2, 0.25) is 0 Å². The van der Waals surface area contributed by atoms with Crippen LogP contribution >= 0.6 is 0 Å². The molecule has 35 heavy (non-hydrogen) atoms. The molecule has 0 fully saturated rings. The maximum atomic E-state index is 11.5. The molecule has 7 atom stereocenters. The van der Waals surface area contributed by atoms with Gasteiger partial charge in [-0.25, -0.2) is 0 Å². The van der Waals surface area contributed by atoms with Gasteiger partial charge in [-0.05, 0) is 31.7 Å². The summed E-state index contributed by atoms with van der Waals surface area (Å²) in [4.78, 5) is 22.6. The van der Waals surface area contributed by atoms with Gasteiger partial charge in [0.15, 0.2) is 0 Å². The smallest absolute Gasteiger partial charge is 0.303 e. The molecule has 1 aliphatic carbocycles. The maximum Gasteiger partial charge on any atom is 0.303 e. The van der Waals surface area contributed by atoms with Crippen LogP contribution in [-0.2, 0) is 23.8 Å². The van der Waals surface area contributed by atoms with Crippen molar-refractivity contribution in [2.45, 2.75) is 65.6 Å². The van der Waals surface area contributed by atoms with Crippen molar-refractivity contribution in [2.24, 2.45) is 17.8 Å². The topological polar surface area (TPSA) is 159 Å². The number of hydrogen-bond donors (Lipinski definition) is 6. The highest BCUT2D eigenvalue weighted by Crippen LogP contribution is 2.40. The lowest BCUT2D eigenvalue weighted by atomic mass is 9.67. The second-order valence-corrected chi connectivity index (χ2v) is 9.19. The predicted molar refractivity (Wildman–Crippen MR) is 130 cm³/mol. The summed E-state index contributed by atoms with van der Waals surface area (Å²) in [6.07, 6.45) is -1.93. The van der Waals surface area contributed by atoms with E-state index in [1.54, 1.807) is 0 Å². The van der Waals surface area contributed by atoms with Crippen LogP contribution in [0.25, 0.3) is 0 Å². The standard InChI is InChI=1S/C24H45N3O8/c1-14-20(11-25-8-7-9-28)15(2)23(27-21(31)13-33-6)16(3)22(14)24(32)26-10-19(35-18(5)30)12-34-17(4)29/h14,16,19,21-28,31-32H,7-13H2,1-6H3/t14-,16-,19+,21-,22-,23+,24?/m0/s1. The number of hydrogen-bond acceptors (Lipinski definition) is 11. The van der Waals surface area contributed by atoms with Crippen molar-refractivity contribution in [3.8, 4) is 0 Å². The number of esters is 2. The van der Waals surface area contributed by atoms with Crippen molar-refractivity contribution in [1.82, 2.24) is 16.0 Å². The van der Waals surface area contributed by atoms with Gasteiger partial charge in [0.1, 0.15) is 25.2 Å². The molecule has 1 unspecified atom stereocenters. The van der Waals surface area contributed by atoms with Crippen molar-refractivity contribution in [1.29, 1.82) is 0 Å². The minimum Gasteiger partial charge on any atom is -0.462 e. The Hall–Kier alpha value is -1.60. The third kappa shape index (κ3) is 10.5. The second kappa shape index (κ2) is 16.2. The molecule has 11 nitrogen and oxygen atoms in total. The van der Waals surface area contributed by atoms with E-state index in [4.69, 9.17) is 19.3 Å². The van der Waals surface area contributed by atoms with Crippen LogP contribution in [0.2, 0.25) is 0 Å². The molecule has 204 valence electrons. The van der Waals surface area contributed by atoms with Gasteiger partial charge < -0.3 is 34.8 Å². The van der Waals surface area contributed by atoms with Gasteiger partial charge in [0, 0.05) is 52.6 Å². The maximum absolute atomic E-state index is 11.5. The van der Waals surface area contributed by atoms with E-state index >= 15 is 0 Å². The summed E-state index contributed by atoms with van der Waals surface area (Å²) in [5, 5.41) is 40.2. The molecule has 0 aromatic carbocycles. The lowest BCUT2D eigenvalue weighted by Crippen LogP contribution is -2.56. The average Bonchev–Trinajstić information content (AvgIpc) is 2.77. The van der Waals surface area contributed by atoms with Crippen molar-refractivity contribution in [3.63, 3.8) is 0 Å². The van der Waals surface area contributed by atoms with Gasteiger partial charge >= 0.3 is 11.9 Å². The van der Waals surface area contributed by atoms with Gasteiger partial charge in [0.05, 0.1) is 6.61 Å². The Morgan fingerprint density at radius 2 is 1.80 bits per heavy atom. The molecule has 0 spiro atoms. The molecular weight excluding hydrogens is 458 g/mol. The van der Waals surface area contributed by atoms with E-state index in [-0.39, 0.29) is 50.2 Å². The van der Waals surface area contributed by atoms with E-state index in [9.17, 15) is 19.8 Å². The third-order valence-corrected chi connectivity index (χ3v) is 6.48. The number of aliphatic hydroxyl groups excluding tert-OH is 3. The lowest BCUT2D eigenvalue weighted by molar-refractivity contribution is -0.156. The van der Waals surface area contributed by atoms with Crippen LogP contribution in [0, 0.1) is 17.8 Å². The minimum atomic E-state index is -0.959. The number of aliphatic hydroxyl groups is 3. The molecule has 11 heteroatoms. The fourth-order valence-corrected chi connectivity index (χ4v) is 4.81. The SMILES string of the molecule is COC[C@H](O)N[C@@H]1C(C)=C(CNCCCO)[C@H](C)[C@H](C(O)NC[C@H](COC(C)=O)OC(C)=O)[C@@H]1C. The predicted octanol–water partition coefficient (Wildman–Crippen LogP) is -0.497. The summed E-state index contributed by atoms with van der Waals surface area (Å²) in [6.45, 7) is 10.1. The number of rotatable bonds is 16. The summed E-state index contributed by atoms with van der Waals surface area (Å²) < 4.78 is 15.3. The summed E-state index contributed by atoms with van der Waals surface area (Å²) in [6, 6.07) is -0.210. The summed E-state index contributed by atoms with van der Waals surface area (Å²) in [5.41, 5.74) is 2.21. The molecule has 1 rings (SSSR count). The van der Waals surface area contributed by atoms with Crippen molar-refractivity contribution in [3.05, 3.63) is 11.1 Å². The number of carbonyl (C=O) groups is 2. The van der Waals surface area contributed by atoms with Gasteiger partial charge in [0.25, 0.3) is 0 Å². The van der Waals surface area contributed by atoms with Crippen LogP contribution in [0.5, 0.6) is 0 Å². The molecule has 6 N–H and O–H groups in total. The van der Waals surface area contributed by atoms with E-state index in [0.29, 0.717) is 19.5 Å². The molecule has 1 aliphatic rings. The number of nitrogens with one attached hydrogen (secondary N) is 3. The monoisotopic (exact) mass is 503 g/mol. The Morgan fingerprint density at radius 1 is 1.11 bits per heavy atom. The molecule has 0 aromatic rings. The fraction of sp³-hybridized carbons (Fsp3) is 0.833. The Labute approximate surface area is 208 Å². The second-order valence-electron chi connectivity index (χ2n) is 9.19. The van der Waals surface area contributed by atoms with Crippen LogP contribution in [0.15, 0.2) is 11.1 Å². The average molecular weight is 504 g/mol. The first kappa shape index (κ1) is 31.4. The van der Waals surface area contributed by atoms with E-state index in [1.165, 1.54) is 21.0 Å². The zero-order valence-corrected chi connectivity index (χ0v) is 21.9. The highest BCUT2D eigenvalue weighted by molar-refractivity contribution is 5.67. The molecule has 0 aromatic heterocycles. The summed E-state index contributed by atoms with van der Waals surface area (Å²) in [7, 11) is 1.52. The van der Waals surface area contributed by atoms with E-state index < -0.39 is 30.5 Å². The zero-order chi connectivity index (χ0) is 26.5. The fourth-order valence-electron chi connectivity index (χ4n) is 4.81. The Balaban J connectivity index is 3.05. The third-order valence-electron chi connectivity index (χ3n) is 6.48. The number of carbonyl (C=O) groups excluding carboxylic acids is 2. The number of methoxy groups -OCH3 is 1. The van der Waals surface area contributed by atoms with E-state index in [2.05, 4.69) is 22.9 Å². The summed E-state index contributed by atoms with van der Waals surface area (Å²) >= 11 is 0. The number of ether oxygens (including phenoxy) is 3. The Kier molecular flexibility index (Phi) is 14.6. The van der Waals surface area contributed by atoms with Gasteiger partial charge in [-0.3, -0.25) is 20.2 Å². The van der Waals surface area contributed by atoms with Gasteiger partial charge in [-0.2, -0.15) is 0 Å². The molecule has 0 amide bonds. The molecule has 0 radical (unpaired) electrons. The van der Waals surface area contributed by atoms with Crippen LogP contribution in [0.3, 0.4) is 0 Å². The lowest BCUT2D eigenvalue weighted by Gasteiger charge is -2.46. The van der Waals surface area contributed by atoms with Crippen molar-refractivity contribution in [2.75, 3.05) is 46.6 Å². The molecule has 0 saturated heterocycles. The molecule has 0 heterocycles. The molecular formula is C24H45N3O8. The van der Waals surface area contributed by atoms with Crippen LogP contribution in [0.1, 0.15) is 41.0 Å². The van der Waals surface area contributed by atoms with Gasteiger partial charge in [-0.15, -0.1) is 0 Å². The van der Waals surface area contributed by atoms with Crippen molar-refractivity contribution < 1.29 is 39.1 Å². The van der Waals surface area contributed by atoms with Gasteiger partial charge in [-0.1, -0.05) is 25.0 Å². The first-order chi connectivity index (χ1) is 16.5. The van der Waals surface area contributed by atoms with Crippen molar-refractivity contribution >= 4 is 11.9 Å². The first-order valence-corrected chi connectivity index (χ1v) is 12.2. The minimum absolute atomic E-state index is 0.00705. The zero-order valence-electron chi connectivity index (χ0n) is 21.9. The quantitative estimate of drug-likeness (QED) is 0.0698.